The predicted molar refractivity (Wildman–Crippen MR) is 48.3 cm³/mol. The van der Waals surface area contributed by atoms with E-state index in [-0.39, 0.29) is 0 Å². The molecule has 3 nitrogen and oxygen atoms in total. The summed E-state index contributed by atoms with van der Waals surface area (Å²) in [7, 11) is 0. The highest BCUT2D eigenvalue weighted by Gasteiger charge is 2.01. The maximum atomic E-state index is 10.5. The molecule has 2 aromatic heterocycles. The average molecular weight is 225 g/mol. The molecule has 0 spiro atoms. The van der Waals surface area contributed by atoms with Crippen molar-refractivity contribution in [3.05, 3.63) is 34.6 Å². The van der Waals surface area contributed by atoms with Gasteiger partial charge in [-0.25, -0.2) is 4.52 Å². The molecule has 0 fully saturated rings. The second-order valence-corrected chi connectivity index (χ2v) is 3.31. The molecule has 0 aliphatic rings. The van der Waals surface area contributed by atoms with Crippen molar-refractivity contribution in [1.29, 1.82) is 0 Å². The molecule has 0 bridgehead atoms. The molecule has 0 amide bonds. The largest absolute Gasteiger partial charge is 0.298 e. The zero-order chi connectivity index (χ0) is 8.55. The molecule has 4 heteroatoms. The van der Waals surface area contributed by atoms with Crippen molar-refractivity contribution in [2.24, 2.45) is 0 Å². The zero-order valence-electron chi connectivity index (χ0n) is 6.07. The van der Waals surface area contributed by atoms with E-state index < -0.39 is 0 Å². The number of rotatable bonds is 1. The molecule has 0 N–H and O–H groups in total. The SMILES string of the molecule is O=Cc1cnn2ccc(Br)cc12. The van der Waals surface area contributed by atoms with E-state index in [0.717, 1.165) is 16.3 Å². The van der Waals surface area contributed by atoms with Crippen LogP contribution in [-0.4, -0.2) is 15.9 Å². The Morgan fingerprint density at radius 2 is 2.42 bits per heavy atom. The van der Waals surface area contributed by atoms with Crippen molar-refractivity contribution in [3.63, 3.8) is 0 Å². The maximum absolute atomic E-state index is 10.5. The molecule has 2 aromatic rings. The molecule has 0 aliphatic carbocycles. The van der Waals surface area contributed by atoms with Gasteiger partial charge in [0.2, 0.25) is 0 Å². The van der Waals surface area contributed by atoms with Crippen LogP contribution in [0, 0.1) is 0 Å². The first-order valence-corrected chi connectivity index (χ1v) is 4.18. The van der Waals surface area contributed by atoms with Gasteiger partial charge in [-0.05, 0) is 12.1 Å². The van der Waals surface area contributed by atoms with E-state index in [9.17, 15) is 4.79 Å². The van der Waals surface area contributed by atoms with Crippen LogP contribution in [0.2, 0.25) is 0 Å². The molecule has 0 atom stereocenters. The molecule has 60 valence electrons. The van der Waals surface area contributed by atoms with Crippen LogP contribution in [0.25, 0.3) is 5.52 Å². The number of halogens is 1. The van der Waals surface area contributed by atoms with Crippen molar-refractivity contribution in [2.45, 2.75) is 0 Å². The molecule has 0 unspecified atom stereocenters. The smallest absolute Gasteiger partial charge is 0.153 e. The lowest BCUT2D eigenvalue weighted by atomic mass is 10.3. The van der Waals surface area contributed by atoms with E-state index in [2.05, 4.69) is 21.0 Å². The lowest BCUT2D eigenvalue weighted by Crippen LogP contribution is -1.85. The number of pyridine rings is 1. The molecule has 12 heavy (non-hydrogen) atoms. The van der Waals surface area contributed by atoms with Gasteiger partial charge in [-0.1, -0.05) is 15.9 Å². The van der Waals surface area contributed by atoms with E-state index >= 15 is 0 Å². The van der Waals surface area contributed by atoms with Gasteiger partial charge in [0.1, 0.15) is 0 Å². The van der Waals surface area contributed by atoms with Crippen molar-refractivity contribution in [1.82, 2.24) is 9.61 Å². The molecule has 0 aromatic carbocycles. The molecule has 0 radical (unpaired) electrons. The minimum absolute atomic E-state index is 0.608. The van der Waals surface area contributed by atoms with Crippen LogP contribution >= 0.6 is 15.9 Å². The standard InChI is InChI=1S/C8H5BrN2O/c9-7-1-2-11-8(3-7)6(5-12)4-10-11/h1-5H. The summed E-state index contributed by atoms with van der Waals surface area (Å²) in [5.41, 5.74) is 1.43. The number of carbonyl (C=O) groups excluding carboxylic acids is 1. The monoisotopic (exact) mass is 224 g/mol. The van der Waals surface area contributed by atoms with Gasteiger partial charge in [-0.3, -0.25) is 4.79 Å². The lowest BCUT2D eigenvalue weighted by molar-refractivity contribution is 0.112. The Kier molecular flexibility index (Phi) is 1.69. The fourth-order valence-electron chi connectivity index (χ4n) is 1.06. The van der Waals surface area contributed by atoms with E-state index in [0.29, 0.717) is 5.56 Å². The Morgan fingerprint density at radius 3 is 3.17 bits per heavy atom. The molecular weight excluding hydrogens is 220 g/mol. The fraction of sp³-hybridized carbons (Fsp3) is 0. The Morgan fingerprint density at radius 1 is 1.58 bits per heavy atom. The minimum Gasteiger partial charge on any atom is -0.298 e. The number of carbonyl (C=O) groups is 1. The van der Waals surface area contributed by atoms with Crippen molar-refractivity contribution in [2.75, 3.05) is 0 Å². The maximum Gasteiger partial charge on any atom is 0.153 e. The van der Waals surface area contributed by atoms with Gasteiger partial charge in [0, 0.05) is 10.7 Å². The van der Waals surface area contributed by atoms with Gasteiger partial charge in [-0.2, -0.15) is 5.10 Å². The third-order valence-corrected chi connectivity index (χ3v) is 2.13. The van der Waals surface area contributed by atoms with Crippen LogP contribution < -0.4 is 0 Å². The molecule has 2 rings (SSSR count). The summed E-state index contributed by atoms with van der Waals surface area (Å²) in [6.07, 6.45) is 4.15. The Labute approximate surface area is 77.1 Å². The first-order chi connectivity index (χ1) is 5.81. The van der Waals surface area contributed by atoms with Gasteiger partial charge >= 0.3 is 0 Å². The molecule has 0 saturated heterocycles. The van der Waals surface area contributed by atoms with Gasteiger partial charge in [0.25, 0.3) is 0 Å². The number of aldehydes is 1. The third-order valence-electron chi connectivity index (χ3n) is 1.64. The lowest BCUT2D eigenvalue weighted by Gasteiger charge is -1.93. The van der Waals surface area contributed by atoms with Gasteiger partial charge < -0.3 is 0 Å². The quantitative estimate of drug-likeness (QED) is 0.694. The predicted octanol–water partition coefficient (Wildman–Crippen LogP) is 1.91. The summed E-state index contributed by atoms with van der Waals surface area (Å²) in [4.78, 5) is 10.5. The highest BCUT2D eigenvalue weighted by molar-refractivity contribution is 9.10. The van der Waals surface area contributed by atoms with Gasteiger partial charge in [0.05, 0.1) is 17.3 Å². The highest BCUT2D eigenvalue weighted by atomic mass is 79.9. The number of nitrogens with zero attached hydrogens (tertiary/aromatic N) is 2. The Hall–Kier alpha value is -1.16. The molecule has 0 saturated carbocycles. The summed E-state index contributed by atoms with van der Waals surface area (Å²) >= 11 is 3.32. The molecule has 2 heterocycles. The topological polar surface area (TPSA) is 34.4 Å². The van der Waals surface area contributed by atoms with Crippen LogP contribution in [0.5, 0.6) is 0 Å². The van der Waals surface area contributed by atoms with Crippen LogP contribution in [0.1, 0.15) is 10.4 Å². The van der Waals surface area contributed by atoms with Crippen molar-refractivity contribution >= 4 is 27.7 Å². The second kappa shape index (κ2) is 2.71. The Balaban J connectivity index is 2.83. The van der Waals surface area contributed by atoms with Gasteiger partial charge in [0.15, 0.2) is 6.29 Å². The number of hydrogen-bond donors (Lipinski definition) is 0. The number of hydrogen-bond acceptors (Lipinski definition) is 2. The molecule has 0 aliphatic heterocycles. The fourth-order valence-corrected chi connectivity index (χ4v) is 1.40. The first-order valence-electron chi connectivity index (χ1n) is 3.39. The summed E-state index contributed by atoms with van der Waals surface area (Å²) in [6, 6.07) is 3.73. The van der Waals surface area contributed by atoms with E-state index in [1.54, 1.807) is 16.9 Å². The van der Waals surface area contributed by atoms with Crippen LogP contribution in [0.15, 0.2) is 29.0 Å². The summed E-state index contributed by atoms with van der Waals surface area (Å²) in [6.45, 7) is 0. The summed E-state index contributed by atoms with van der Waals surface area (Å²) in [5, 5.41) is 4.00. The number of fused-ring (bicyclic) bond motifs is 1. The van der Waals surface area contributed by atoms with Crippen LogP contribution in [0.4, 0.5) is 0 Å². The van der Waals surface area contributed by atoms with Crippen molar-refractivity contribution in [3.8, 4) is 0 Å². The van der Waals surface area contributed by atoms with E-state index in [4.69, 9.17) is 0 Å². The molecular formula is C8H5BrN2O. The Bertz CT molecular complexity index is 436. The first kappa shape index (κ1) is 7.49. The number of aromatic nitrogens is 2. The summed E-state index contributed by atoms with van der Waals surface area (Å²) < 4.78 is 2.60. The summed E-state index contributed by atoms with van der Waals surface area (Å²) in [5.74, 6) is 0. The van der Waals surface area contributed by atoms with Gasteiger partial charge in [-0.15, -0.1) is 0 Å². The third kappa shape index (κ3) is 1.04. The highest BCUT2D eigenvalue weighted by Crippen LogP contribution is 2.14. The van der Waals surface area contributed by atoms with Crippen LogP contribution in [0.3, 0.4) is 0 Å². The average Bonchev–Trinajstić information content (AvgIpc) is 2.46. The van der Waals surface area contributed by atoms with E-state index in [1.807, 2.05) is 12.1 Å². The van der Waals surface area contributed by atoms with E-state index in [1.165, 1.54) is 0 Å². The minimum atomic E-state index is 0.608. The second-order valence-electron chi connectivity index (χ2n) is 2.39. The normalized spacial score (nSPS) is 10.4. The van der Waals surface area contributed by atoms with Crippen LogP contribution in [-0.2, 0) is 0 Å². The zero-order valence-corrected chi connectivity index (χ0v) is 7.65. The van der Waals surface area contributed by atoms with Crippen molar-refractivity contribution < 1.29 is 4.79 Å².